The van der Waals surface area contributed by atoms with E-state index in [9.17, 15) is 5.11 Å². The summed E-state index contributed by atoms with van der Waals surface area (Å²) in [7, 11) is 0. The summed E-state index contributed by atoms with van der Waals surface area (Å²) in [4.78, 5) is 0.988. The van der Waals surface area contributed by atoms with Gasteiger partial charge in [0.15, 0.2) is 0 Å². The number of benzene rings is 2. The van der Waals surface area contributed by atoms with Crippen molar-refractivity contribution in [2.75, 3.05) is 12.3 Å². The number of hydrogen-bond acceptors (Lipinski definition) is 3. The standard InChI is InChI=1S/C17H19Cl2NOS.ClH/c1-17(21,12-22-16-5-3-2-4-15(16)19)11-20-10-13-6-8-14(18)9-7-13;/h2-9,20-21H,10-12H2,1H3;1H. The van der Waals surface area contributed by atoms with Gasteiger partial charge in [-0.15, -0.1) is 24.2 Å². The van der Waals surface area contributed by atoms with Crippen molar-refractivity contribution in [3.05, 3.63) is 64.1 Å². The predicted octanol–water partition coefficient (Wildman–Crippen LogP) is 5.05. The van der Waals surface area contributed by atoms with Crippen LogP contribution in [0.15, 0.2) is 53.4 Å². The molecule has 0 saturated carbocycles. The molecule has 0 aliphatic heterocycles. The lowest BCUT2D eigenvalue weighted by Gasteiger charge is -2.23. The van der Waals surface area contributed by atoms with Crippen LogP contribution in [-0.2, 0) is 6.54 Å². The van der Waals surface area contributed by atoms with E-state index < -0.39 is 5.60 Å². The summed E-state index contributed by atoms with van der Waals surface area (Å²) < 4.78 is 0. The zero-order valence-electron chi connectivity index (χ0n) is 12.8. The van der Waals surface area contributed by atoms with Crippen molar-refractivity contribution in [3.8, 4) is 0 Å². The van der Waals surface area contributed by atoms with Gasteiger partial charge >= 0.3 is 0 Å². The fourth-order valence-corrected chi connectivity index (χ4v) is 3.30. The van der Waals surface area contributed by atoms with Crippen LogP contribution in [0.2, 0.25) is 10.0 Å². The Kier molecular flexibility index (Phi) is 8.76. The summed E-state index contributed by atoms with van der Waals surface area (Å²) in [6.07, 6.45) is 0. The van der Waals surface area contributed by atoms with E-state index in [1.54, 1.807) is 11.8 Å². The first-order valence-electron chi connectivity index (χ1n) is 7.01. The molecule has 0 fully saturated rings. The summed E-state index contributed by atoms with van der Waals surface area (Å²) in [5, 5.41) is 15.2. The third kappa shape index (κ3) is 7.34. The van der Waals surface area contributed by atoms with Crippen molar-refractivity contribution in [2.24, 2.45) is 0 Å². The number of rotatable bonds is 7. The molecule has 23 heavy (non-hydrogen) atoms. The molecule has 126 valence electrons. The molecule has 0 aliphatic carbocycles. The van der Waals surface area contributed by atoms with E-state index in [-0.39, 0.29) is 12.4 Å². The molecule has 0 saturated heterocycles. The predicted molar refractivity (Wildman–Crippen MR) is 103 cm³/mol. The summed E-state index contributed by atoms with van der Waals surface area (Å²) in [6.45, 7) is 3.03. The molecule has 0 spiro atoms. The van der Waals surface area contributed by atoms with E-state index in [1.807, 2.05) is 55.5 Å². The molecule has 0 aromatic heterocycles. The van der Waals surface area contributed by atoms with Crippen LogP contribution >= 0.6 is 47.4 Å². The normalized spacial score (nSPS) is 13.2. The Morgan fingerprint density at radius 3 is 2.39 bits per heavy atom. The maximum Gasteiger partial charge on any atom is 0.0837 e. The highest BCUT2D eigenvalue weighted by Crippen LogP contribution is 2.29. The van der Waals surface area contributed by atoms with Crippen LogP contribution in [0.4, 0.5) is 0 Å². The molecule has 2 nitrogen and oxygen atoms in total. The highest BCUT2D eigenvalue weighted by atomic mass is 35.5. The van der Waals surface area contributed by atoms with Crippen LogP contribution in [0, 0.1) is 0 Å². The first kappa shape index (κ1) is 20.6. The molecule has 2 aromatic carbocycles. The quantitative estimate of drug-likeness (QED) is 0.647. The smallest absolute Gasteiger partial charge is 0.0837 e. The van der Waals surface area contributed by atoms with Crippen molar-refractivity contribution in [1.29, 1.82) is 0 Å². The second-order valence-electron chi connectivity index (χ2n) is 5.45. The summed E-state index contributed by atoms with van der Waals surface area (Å²) in [5.41, 5.74) is 0.329. The summed E-state index contributed by atoms with van der Waals surface area (Å²) in [6, 6.07) is 15.3. The summed E-state index contributed by atoms with van der Waals surface area (Å²) >= 11 is 13.5. The maximum atomic E-state index is 10.4. The van der Waals surface area contributed by atoms with Gasteiger partial charge in [-0.05, 0) is 36.8 Å². The van der Waals surface area contributed by atoms with Crippen LogP contribution in [0.1, 0.15) is 12.5 Å². The topological polar surface area (TPSA) is 32.3 Å². The Bertz CT molecular complexity index is 605. The van der Waals surface area contributed by atoms with Gasteiger partial charge in [0, 0.05) is 28.8 Å². The lowest BCUT2D eigenvalue weighted by Crippen LogP contribution is -2.39. The van der Waals surface area contributed by atoms with E-state index >= 15 is 0 Å². The average Bonchev–Trinajstić information content (AvgIpc) is 2.48. The van der Waals surface area contributed by atoms with Crippen molar-refractivity contribution < 1.29 is 5.11 Å². The lowest BCUT2D eigenvalue weighted by atomic mass is 10.1. The fraction of sp³-hybridized carbons (Fsp3) is 0.294. The maximum absolute atomic E-state index is 10.4. The van der Waals surface area contributed by atoms with E-state index in [0.29, 0.717) is 18.8 Å². The van der Waals surface area contributed by atoms with Gasteiger partial charge in [-0.2, -0.15) is 0 Å². The number of aliphatic hydroxyl groups is 1. The van der Waals surface area contributed by atoms with Crippen LogP contribution < -0.4 is 5.32 Å². The molecule has 0 aliphatic rings. The molecule has 1 unspecified atom stereocenters. The van der Waals surface area contributed by atoms with E-state index in [1.165, 1.54) is 0 Å². The molecule has 2 rings (SSSR count). The molecule has 2 N–H and O–H groups in total. The number of halogens is 3. The van der Waals surface area contributed by atoms with Crippen molar-refractivity contribution in [2.45, 2.75) is 24.0 Å². The van der Waals surface area contributed by atoms with Gasteiger partial charge in [0.1, 0.15) is 0 Å². The van der Waals surface area contributed by atoms with Crippen molar-refractivity contribution >= 4 is 47.4 Å². The first-order chi connectivity index (χ1) is 10.5. The van der Waals surface area contributed by atoms with Gasteiger partial charge in [-0.1, -0.05) is 47.5 Å². The minimum Gasteiger partial charge on any atom is -0.388 e. The van der Waals surface area contributed by atoms with E-state index in [4.69, 9.17) is 23.2 Å². The van der Waals surface area contributed by atoms with Gasteiger partial charge in [-0.25, -0.2) is 0 Å². The minimum atomic E-state index is -0.809. The van der Waals surface area contributed by atoms with Crippen LogP contribution in [0.3, 0.4) is 0 Å². The van der Waals surface area contributed by atoms with Crippen molar-refractivity contribution in [3.63, 3.8) is 0 Å². The highest BCUT2D eigenvalue weighted by molar-refractivity contribution is 7.99. The number of thioether (sulfide) groups is 1. The molecule has 0 radical (unpaired) electrons. The molecule has 0 amide bonds. The Balaban J connectivity index is 0.00000264. The molecule has 6 heteroatoms. The molecular formula is C17H20Cl3NOS. The Labute approximate surface area is 158 Å². The zero-order chi connectivity index (χ0) is 16.0. The van der Waals surface area contributed by atoms with Gasteiger partial charge in [-0.3, -0.25) is 0 Å². The SMILES string of the molecule is CC(O)(CNCc1ccc(Cl)cc1)CSc1ccccc1Cl.Cl. The molecule has 2 aromatic rings. The Hall–Kier alpha value is -0.420. The Morgan fingerprint density at radius 2 is 1.74 bits per heavy atom. The number of hydrogen-bond donors (Lipinski definition) is 2. The fourth-order valence-electron chi connectivity index (χ4n) is 1.92. The molecule has 1 atom stereocenters. The average molecular weight is 393 g/mol. The lowest BCUT2D eigenvalue weighted by molar-refractivity contribution is 0.0845. The Morgan fingerprint density at radius 1 is 1.09 bits per heavy atom. The molecule has 0 heterocycles. The second kappa shape index (κ2) is 9.77. The van der Waals surface area contributed by atoms with E-state index in [2.05, 4.69) is 5.32 Å². The van der Waals surface area contributed by atoms with Gasteiger partial charge < -0.3 is 10.4 Å². The second-order valence-corrected chi connectivity index (χ2v) is 7.31. The third-order valence-corrected chi connectivity index (χ3v) is 5.25. The van der Waals surface area contributed by atoms with Crippen LogP contribution in [0.5, 0.6) is 0 Å². The molecular weight excluding hydrogens is 373 g/mol. The van der Waals surface area contributed by atoms with Crippen molar-refractivity contribution in [1.82, 2.24) is 5.32 Å². The van der Waals surface area contributed by atoms with Gasteiger partial charge in [0.05, 0.1) is 10.6 Å². The number of nitrogens with one attached hydrogen (secondary N) is 1. The zero-order valence-corrected chi connectivity index (χ0v) is 15.9. The largest absolute Gasteiger partial charge is 0.388 e. The molecule has 0 bridgehead atoms. The minimum absolute atomic E-state index is 0. The first-order valence-corrected chi connectivity index (χ1v) is 8.75. The monoisotopic (exact) mass is 391 g/mol. The van der Waals surface area contributed by atoms with Gasteiger partial charge in [0.2, 0.25) is 0 Å². The van der Waals surface area contributed by atoms with Crippen LogP contribution in [0.25, 0.3) is 0 Å². The third-order valence-electron chi connectivity index (χ3n) is 3.12. The van der Waals surface area contributed by atoms with Crippen LogP contribution in [-0.4, -0.2) is 23.0 Å². The highest BCUT2D eigenvalue weighted by Gasteiger charge is 2.20. The van der Waals surface area contributed by atoms with Gasteiger partial charge in [0.25, 0.3) is 0 Å². The summed E-state index contributed by atoms with van der Waals surface area (Å²) in [5.74, 6) is 0.574. The van der Waals surface area contributed by atoms with E-state index in [0.717, 1.165) is 20.5 Å².